The van der Waals surface area contributed by atoms with Crippen LogP contribution in [0.15, 0.2) is 30.3 Å². The maximum atomic E-state index is 12.3. The van der Waals surface area contributed by atoms with Gasteiger partial charge in [0.1, 0.15) is 0 Å². The van der Waals surface area contributed by atoms with Gasteiger partial charge in [-0.05, 0) is 11.5 Å². The average Bonchev–Trinajstić information content (AvgIpc) is 2.95. The van der Waals surface area contributed by atoms with E-state index in [9.17, 15) is 14.7 Å². The van der Waals surface area contributed by atoms with Gasteiger partial charge in [-0.2, -0.15) is 0 Å². The minimum atomic E-state index is -0.526. The molecule has 0 spiro atoms. The van der Waals surface area contributed by atoms with Crippen LogP contribution in [-0.4, -0.2) is 41.0 Å². The fourth-order valence-corrected chi connectivity index (χ4v) is 3.25. The number of hydrogen-bond donors (Lipinski definition) is 2. The molecule has 0 aromatic heterocycles. The minimum Gasteiger partial charge on any atom is -0.391 e. The molecule has 1 aromatic rings. The van der Waals surface area contributed by atoms with Crippen molar-refractivity contribution in [1.82, 2.24) is 10.2 Å². The first-order chi connectivity index (χ1) is 11.5. The van der Waals surface area contributed by atoms with Gasteiger partial charge in [0.2, 0.25) is 11.8 Å². The second kappa shape index (κ2) is 8.83. The highest BCUT2D eigenvalue weighted by Gasteiger charge is 2.34. The molecule has 1 heterocycles. The summed E-state index contributed by atoms with van der Waals surface area (Å²) < 4.78 is 0. The van der Waals surface area contributed by atoms with Gasteiger partial charge < -0.3 is 15.3 Å². The van der Waals surface area contributed by atoms with Crippen molar-refractivity contribution in [3.63, 3.8) is 0 Å². The molecule has 5 nitrogen and oxygen atoms in total. The van der Waals surface area contributed by atoms with Gasteiger partial charge in [-0.15, -0.1) is 0 Å². The Morgan fingerprint density at radius 3 is 2.58 bits per heavy atom. The Morgan fingerprint density at radius 2 is 1.96 bits per heavy atom. The van der Waals surface area contributed by atoms with Crippen molar-refractivity contribution in [2.75, 3.05) is 13.1 Å². The Morgan fingerprint density at radius 1 is 1.29 bits per heavy atom. The Balaban J connectivity index is 1.83. The molecule has 0 radical (unpaired) electrons. The van der Waals surface area contributed by atoms with Gasteiger partial charge in [-0.25, -0.2) is 0 Å². The first kappa shape index (κ1) is 18.5. The smallest absolute Gasteiger partial charge is 0.225 e. The van der Waals surface area contributed by atoms with E-state index in [2.05, 4.69) is 5.32 Å². The SMILES string of the molecule is CCC(CC)C(O)CNC(=O)C1CC(=O)N(Cc2ccccc2)C1. The van der Waals surface area contributed by atoms with Crippen LogP contribution in [0.1, 0.15) is 38.7 Å². The summed E-state index contributed by atoms with van der Waals surface area (Å²) in [5.41, 5.74) is 1.07. The van der Waals surface area contributed by atoms with Crippen molar-refractivity contribution >= 4 is 11.8 Å². The Bertz CT molecular complexity index is 543. The van der Waals surface area contributed by atoms with Crippen LogP contribution in [0.4, 0.5) is 0 Å². The van der Waals surface area contributed by atoms with Gasteiger partial charge in [0.15, 0.2) is 0 Å². The molecule has 1 aliphatic rings. The molecule has 0 aliphatic carbocycles. The van der Waals surface area contributed by atoms with Crippen LogP contribution in [0, 0.1) is 11.8 Å². The van der Waals surface area contributed by atoms with Gasteiger partial charge >= 0.3 is 0 Å². The number of aliphatic hydroxyl groups is 1. The number of carbonyl (C=O) groups is 2. The molecular formula is C19H28N2O3. The van der Waals surface area contributed by atoms with E-state index in [1.54, 1.807) is 4.90 Å². The molecular weight excluding hydrogens is 304 g/mol. The lowest BCUT2D eigenvalue weighted by Crippen LogP contribution is -2.39. The maximum Gasteiger partial charge on any atom is 0.225 e. The Kier molecular flexibility index (Phi) is 6.79. The quantitative estimate of drug-likeness (QED) is 0.764. The number of nitrogens with zero attached hydrogens (tertiary/aromatic N) is 1. The summed E-state index contributed by atoms with van der Waals surface area (Å²) >= 11 is 0. The number of aliphatic hydroxyl groups excluding tert-OH is 1. The number of nitrogens with one attached hydrogen (secondary N) is 1. The van der Waals surface area contributed by atoms with Crippen LogP contribution in [0.25, 0.3) is 0 Å². The van der Waals surface area contributed by atoms with E-state index in [-0.39, 0.29) is 36.6 Å². The van der Waals surface area contributed by atoms with E-state index < -0.39 is 6.10 Å². The van der Waals surface area contributed by atoms with Crippen LogP contribution in [0.2, 0.25) is 0 Å². The summed E-state index contributed by atoms with van der Waals surface area (Å²) in [6.07, 6.45) is 1.50. The van der Waals surface area contributed by atoms with Crippen LogP contribution in [-0.2, 0) is 16.1 Å². The van der Waals surface area contributed by atoms with Crippen molar-refractivity contribution in [2.45, 2.75) is 45.8 Å². The van der Waals surface area contributed by atoms with Crippen LogP contribution in [0.5, 0.6) is 0 Å². The van der Waals surface area contributed by atoms with Crippen molar-refractivity contribution in [3.05, 3.63) is 35.9 Å². The molecule has 1 aliphatic heterocycles. The summed E-state index contributed by atoms with van der Waals surface area (Å²) in [6.45, 7) is 5.32. The lowest BCUT2D eigenvalue weighted by atomic mass is 9.96. The van der Waals surface area contributed by atoms with Gasteiger partial charge in [0.05, 0.1) is 12.0 Å². The minimum absolute atomic E-state index is 0.0135. The van der Waals surface area contributed by atoms with Crippen LogP contribution in [0.3, 0.4) is 0 Å². The molecule has 2 N–H and O–H groups in total. The monoisotopic (exact) mass is 332 g/mol. The fourth-order valence-electron chi connectivity index (χ4n) is 3.25. The van der Waals surface area contributed by atoms with E-state index in [1.807, 2.05) is 44.2 Å². The number of carbonyl (C=O) groups excluding carboxylic acids is 2. The predicted molar refractivity (Wildman–Crippen MR) is 93.1 cm³/mol. The van der Waals surface area contributed by atoms with E-state index in [4.69, 9.17) is 0 Å². The van der Waals surface area contributed by atoms with E-state index in [0.29, 0.717) is 13.1 Å². The molecule has 1 saturated heterocycles. The molecule has 2 atom stereocenters. The highest BCUT2D eigenvalue weighted by Crippen LogP contribution is 2.20. The van der Waals surface area contributed by atoms with Crippen molar-refractivity contribution in [3.8, 4) is 0 Å². The molecule has 132 valence electrons. The summed E-state index contributed by atoms with van der Waals surface area (Å²) in [5.74, 6) is -0.247. The van der Waals surface area contributed by atoms with Gasteiger partial charge in [-0.1, -0.05) is 57.0 Å². The van der Waals surface area contributed by atoms with E-state index in [0.717, 1.165) is 18.4 Å². The molecule has 1 aromatic carbocycles. The largest absolute Gasteiger partial charge is 0.391 e. The topological polar surface area (TPSA) is 69.6 Å². The maximum absolute atomic E-state index is 12.3. The zero-order valence-corrected chi connectivity index (χ0v) is 14.6. The third-order valence-corrected chi connectivity index (χ3v) is 4.88. The van der Waals surface area contributed by atoms with Gasteiger partial charge in [0.25, 0.3) is 0 Å². The first-order valence-corrected chi connectivity index (χ1v) is 8.82. The Hall–Kier alpha value is -1.88. The second-order valence-electron chi connectivity index (χ2n) is 6.55. The third kappa shape index (κ3) is 4.81. The third-order valence-electron chi connectivity index (χ3n) is 4.88. The van der Waals surface area contributed by atoms with Crippen molar-refractivity contribution in [2.24, 2.45) is 11.8 Å². The van der Waals surface area contributed by atoms with Crippen molar-refractivity contribution in [1.29, 1.82) is 0 Å². The zero-order chi connectivity index (χ0) is 17.5. The number of amides is 2. The molecule has 5 heteroatoms. The number of rotatable bonds is 8. The van der Waals surface area contributed by atoms with Crippen LogP contribution < -0.4 is 5.32 Å². The van der Waals surface area contributed by atoms with Crippen LogP contribution >= 0.6 is 0 Å². The number of hydrogen-bond acceptors (Lipinski definition) is 3. The Labute approximate surface area is 144 Å². The second-order valence-corrected chi connectivity index (χ2v) is 6.55. The molecule has 2 amide bonds. The highest BCUT2D eigenvalue weighted by atomic mass is 16.3. The molecule has 2 rings (SSSR count). The van der Waals surface area contributed by atoms with Crippen molar-refractivity contribution < 1.29 is 14.7 Å². The van der Waals surface area contributed by atoms with E-state index >= 15 is 0 Å². The first-order valence-electron chi connectivity index (χ1n) is 8.82. The summed E-state index contributed by atoms with van der Waals surface area (Å²) in [5, 5.41) is 12.9. The summed E-state index contributed by atoms with van der Waals surface area (Å²) in [6, 6.07) is 9.79. The van der Waals surface area contributed by atoms with E-state index in [1.165, 1.54) is 0 Å². The number of likely N-dealkylation sites (tertiary alicyclic amines) is 1. The lowest BCUT2D eigenvalue weighted by Gasteiger charge is -2.21. The molecule has 0 saturated carbocycles. The zero-order valence-electron chi connectivity index (χ0n) is 14.6. The molecule has 2 unspecified atom stereocenters. The van der Waals surface area contributed by atoms with Gasteiger partial charge in [-0.3, -0.25) is 9.59 Å². The summed E-state index contributed by atoms with van der Waals surface area (Å²) in [4.78, 5) is 26.2. The average molecular weight is 332 g/mol. The predicted octanol–water partition coefficient (Wildman–Crippen LogP) is 1.95. The highest BCUT2D eigenvalue weighted by molar-refractivity contribution is 5.89. The number of benzene rings is 1. The summed E-state index contributed by atoms with van der Waals surface area (Å²) in [7, 11) is 0. The standard InChI is InChI=1S/C19H28N2O3/c1-3-15(4-2)17(22)11-20-19(24)16-10-18(23)21(13-16)12-14-8-6-5-7-9-14/h5-9,15-17,22H,3-4,10-13H2,1-2H3,(H,20,24). The molecule has 24 heavy (non-hydrogen) atoms. The molecule has 0 bridgehead atoms. The normalized spacial score (nSPS) is 18.9. The lowest BCUT2D eigenvalue weighted by molar-refractivity contribution is -0.129. The fraction of sp³-hybridized carbons (Fsp3) is 0.579. The molecule has 1 fully saturated rings. The van der Waals surface area contributed by atoms with Gasteiger partial charge in [0, 0.05) is 26.1 Å².